The third kappa shape index (κ3) is 2.65. The first kappa shape index (κ1) is 15.1. The molecule has 0 fully saturated rings. The molecule has 0 N–H and O–H groups in total. The summed E-state index contributed by atoms with van der Waals surface area (Å²) in [6.45, 7) is 1.58. The Bertz CT molecular complexity index is 927. The Morgan fingerprint density at radius 1 is 0.833 bits per heavy atom. The summed E-state index contributed by atoms with van der Waals surface area (Å²) < 4.78 is 5.94. The van der Waals surface area contributed by atoms with E-state index in [1.54, 1.807) is 9.25 Å². The Morgan fingerprint density at radius 3 is 2.12 bits per heavy atom. The Hall–Kier alpha value is -2.40. The molecule has 0 amide bonds. The molecule has 1 aliphatic heterocycles. The summed E-state index contributed by atoms with van der Waals surface area (Å²) >= 11 is 5.52. The van der Waals surface area contributed by atoms with Crippen LogP contribution in [0.25, 0.3) is 5.69 Å². The molecule has 0 aliphatic carbocycles. The van der Waals surface area contributed by atoms with Crippen LogP contribution in [0, 0.1) is 4.77 Å². The highest BCUT2D eigenvalue weighted by Gasteiger charge is 2.17. The fourth-order valence-electron chi connectivity index (χ4n) is 3.29. The minimum atomic E-state index is -0.0319. The van der Waals surface area contributed by atoms with E-state index in [9.17, 15) is 4.79 Å². The predicted molar refractivity (Wildman–Crippen MR) is 97.3 cm³/mol. The first-order valence-electron chi connectivity index (χ1n) is 8.30. The highest BCUT2D eigenvalue weighted by molar-refractivity contribution is 7.71. The quantitative estimate of drug-likeness (QED) is 0.685. The third-order valence-electron chi connectivity index (χ3n) is 4.55. The van der Waals surface area contributed by atoms with E-state index in [0.29, 0.717) is 4.77 Å². The van der Waals surface area contributed by atoms with Crippen molar-refractivity contribution in [3.8, 4) is 5.69 Å². The number of fused-ring (bicyclic) bond motifs is 1. The number of aromatic nitrogens is 3. The van der Waals surface area contributed by atoms with E-state index in [-0.39, 0.29) is 5.69 Å². The lowest BCUT2D eigenvalue weighted by molar-refractivity contribution is 0.352. The molecule has 0 atom stereocenters. The molecule has 0 saturated heterocycles. The van der Waals surface area contributed by atoms with Gasteiger partial charge in [0.25, 0.3) is 0 Å². The van der Waals surface area contributed by atoms with Gasteiger partial charge in [0, 0.05) is 13.1 Å². The molecule has 0 spiro atoms. The van der Waals surface area contributed by atoms with E-state index in [4.69, 9.17) is 12.2 Å². The van der Waals surface area contributed by atoms with Crippen molar-refractivity contribution in [2.24, 2.45) is 0 Å². The minimum absolute atomic E-state index is 0.0319. The van der Waals surface area contributed by atoms with Gasteiger partial charge in [-0.1, -0.05) is 42.5 Å². The van der Waals surface area contributed by atoms with Crippen LogP contribution in [0.5, 0.6) is 0 Å². The first-order valence-corrected chi connectivity index (χ1v) is 8.71. The fraction of sp³-hybridized carbons (Fsp3) is 0.263. The van der Waals surface area contributed by atoms with Crippen molar-refractivity contribution >= 4 is 12.2 Å². The van der Waals surface area contributed by atoms with Gasteiger partial charge in [0.2, 0.25) is 4.77 Å². The zero-order valence-corrected chi connectivity index (χ0v) is 14.2. The highest BCUT2D eigenvalue weighted by atomic mass is 32.1. The summed E-state index contributed by atoms with van der Waals surface area (Å²) in [5.74, 6) is 0. The second-order valence-corrected chi connectivity index (χ2v) is 6.55. The molecule has 4 rings (SSSR count). The molecule has 24 heavy (non-hydrogen) atoms. The van der Waals surface area contributed by atoms with Crippen LogP contribution in [-0.4, -0.2) is 13.9 Å². The van der Waals surface area contributed by atoms with Gasteiger partial charge in [-0.15, -0.1) is 0 Å². The van der Waals surface area contributed by atoms with Gasteiger partial charge in [0.05, 0.1) is 5.69 Å². The lowest BCUT2D eigenvalue weighted by Gasteiger charge is -2.14. The molecule has 0 bridgehead atoms. The number of hydrogen-bond acceptors (Lipinski definition) is 2. The average molecular weight is 337 g/mol. The molecule has 2 heterocycles. The van der Waals surface area contributed by atoms with Crippen LogP contribution in [-0.2, 0) is 19.5 Å². The second kappa shape index (κ2) is 6.24. The van der Waals surface area contributed by atoms with Crippen LogP contribution in [0.1, 0.15) is 24.0 Å². The lowest BCUT2D eigenvalue weighted by Crippen LogP contribution is -2.29. The molecule has 0 unspecified atom stereocenters. The van der Waals surface area contributed by atoms with Gasteiger partial charge in [-0.25, -0.2) is 14.0 Å². The lowest BCUT2D eigenvalue weighted by atomic mass is 10.0. The second-order valence-electron chi connectivity index (χ2n) is 6.18. The van der Waals surface area contributed by atoms with Crippen molar-refractivity contribution in [2.75, 3.05) is 0 Å². The summed E-state index contributed by atoms with van der Waals surface area (Å²) in [6, 6.07) is 18.5. The molecule has 122 valence electrons. The highest BCUT2D eigenvalue weighted by Crippen LogP contribution is 2.15. The van der Waals surface area contributed by atoms with Crippen molar-refractivity contribution < 1.29 is 0 Å². The van der Waals surface area contributed by atoms with E-state index in [1.807, 2.05) is 22.9 Å². The van der Waals surface area contributed by atoms with Crippen LogP contribution < -0.4 is 5.69 Å². The van der Waals surface area contributed by atoms with Gasteiger partial charge in [0.1, 0.15) is 0 Å². The Morgan fingerprint density at radius 2 is 1.46 bits per heavy atom. The fourth-order valence-corrected chi connectivity index (χ4v) is 3.66. The maximum absolute atomic E-state index is 12.6. The minimum Gasteiger partial charge on any atom is -0.256 e. The largest absolute Gasteiger partial charge is 0.349 e. The van der Waals surface area contributed by atoms with Crippen LogP contribution in [0.4, 0.5) is 0 Å². The molecule has 0 saturated carbocycles. The standard InChI is InChI=1S/C19H19N3OS/c23-18-20-12-4-5-13-21(20)19(24)22(18)17-10-8-16(9-11-17)14-15-6-2-1-3-7-15/h1-3,6-11H,4-5,12-14H2. The molecule has 5 heteroatoms. The summed E-state index contributed by atoms with van der Waals surface area (Å²) in [5.41, 5.74) is 3.31. The van der Waals surface area contributed by atoms with E-state index in [2.05, 4.69) is 36.4 Å². The van der Waals surface area contributed by atoms with E-state index in [1.165, 1.54) is 11.1 Å². The summed E-state index contributed by atoms with van der Waals surface area (Å²) in [4.78, 5) is 12.6. The van der Waals surface area contributed by atoms with Gasteiger partial charge >= 0.3 is 5.69 Å². The Kier molecular flexibility index (Phi) is 3.94. The van der Waals surface area contributed by atoms with E-state index < -0.39 is 0 Å². The maximum atomic E-state index is 12.6. The topological polar surface area (TPSA) is 31.9 Å². The van der Waals surface area contributed by atoms with Gasteiger partial charge in [-0.05, 0) is 54.7 Å². The van der Waals surface area contributed by atoms with E-state index >= 15 is 0 Å². The van der Waals surface area contributed by atoms with Gasteiger partial charge in [-0.2, -0.15) is 0 Å². The Labute approximate surface area is 145 Å². The first-order chi connectivity index (χ1) is 11.7. The number of benzene rings is 2. The van der Waals surface area contributed by atoms with Crippen LogP contribution in [0.2, 0.25) is 0 Å². The molecule has 0 radical (unpaired) electrons. The monoisotopic (exact) mass is 337 g/mol. The van der Waals surface area contributed by atoms with Crippen LogP contribution >= 0.6 is 12.2 Å². The number of nitrogens with zero attached hydrogens (tertiary/aromatic N) is 3. The Balaban J connectivity index is 1.68. The zero-order valence-electron chi connectivity index (χ0n) is 13.4. The molecule has 4 nitrogen and oxygen atoms in total. The number of hydrogen-bond donors (Lipinski definition) is 0. The normalized spacial score (nSPS) is 13.7. The van der Waals surface area contributed by atoms with Crippen LogP contribution in [0.3, 0.4) is 0 Å². The molecule has 3 aromatic rings. The van der Waals surface area contributed by atoms with E-state index in [0.717, 1.165) is 38.0 Å². The predicted octanol–water partition coefficient (Wildman–Crippen LogP) is 3.55. The molecular formula is C19H19N3OS. The SMILES string of the molecule is O=c1n(-c2ccc(Cc3ccccc3)cc2)c(=S)n2n1CCCC2. The smallest absolute Gasteiger partial charge is 0.256 e. The molecule has 1 aromatic heterocycles. The zero-order chi connectivity index (χ0) is 16.5. The number of rotatable bonds is 3. The molecular weight excluding hydrogens is 318 g/mol. The summed E-state index contributed by atoms with van der Waals surface area (Å²) in [7, 11) is 0. The van der Waals surface area contributed by atoms with Crippen molar-refractivity contribution in [1.82, 2.24) is 13.9 Å². The average Bonchev–Trinajstić information content (AvgIpc) is 2.88. The van der Waals surface area contributed by atoms with Crippen LogP contribution in [0.15, 0.2) is 59.4 Å². The summed E-state index contributed by atoms with van der Waals surface area (Å²) in [6.07, 6.45) is 3.00. The maximum Gasteiger partial charge on any atom is 0.349 e. The van der Waals surface area contributed by atoms with Gasteiger partial charge in [-0.3, -0.25) is 4.68 Å². The van der Waals surface area contributed by atoms with Crippen molar-refractivity contribution in [3.63, 3.8) is 0 Å². The van der Waals surface area contributed by atoms with Crippen molar-refractivity contribution in [1.29, 1.82) is 0 Å². The molecule has 2 aromatic carbocycles. The van der Waals surface area contributed by atoms with Gasteiger partial charge < -0.3 is 0 Å². The van der Waals surface area contributed by atoms with Crippen molar-refractivity contribution in [2.45, 2.75) is 32.4 Å². The van der Waals surface area contributed by atoms with Crippen molar-refractivity contribution in [3.05, 3.63) is 81.0 Å². The summed E-state index contributed by atoms with van der Waals surface area (Å²) in [5, 5.41) is 0. The van der Waals surface area contributed by atoms with Gasteiger partial charge in [0.15, 0.2) is 0 Å². The molecule has 1 aliphatic rings. The third-order valence-corrected chi connectivity index (χ3v) is 4.94.